The molecule has 0 bridgehead atoms. The number of nitrogens with one attached hydrogen (secondary N) is 1. The van der Waals surface area contributed by atoms with Crippen LogP contribution in [0.15, 0.2) is 18.2 Å². The number of nitrogens with zero attached hydrogens (tertiary/aromatic N) is 1. The summed E-state index contributed by atoms with van der Waals surface area (Å²) in [5.41, 5.74) is -0.0835. The summed E-state index contributed by atoms with van der Waals surface area (Å²) in [4.78, 5) is 41.0. The quantitative estimate of drug-likeness (QED) is 0.578. The van der Waals surface area contributed by atoms with Crippen LogP contribution in [0.4, 0.5) is 0 Å². The average Bonchev–Trinajstić information content (AvgIpc) is 2.66. The molecule has 7 nitrogen and oxygen atoms in total. The van der Waals surface area contributed by atoms with Gasteiger partial charge in [-0.1, -0.05) is 31.5 Å². The molecule has 0 aliphatic carbocycles. The topological polar surface area (TPSA) is 84.9 Å². The smallest absolute Gasteiger partial charge is 0.329 e. The van der Waals surface area contributed by atoms with Crippen LogP contribution >= 0.6 is 11.6 Å². The van der Waals surface area contributed by atoms with Crippen molar-refractivity contribution in [2.24, 2.45) is 0 Å². The molecule has 1 aliphatic heterocycles. The second-order valence-corrected chi connectivity index (χ2v) is 10.8. The van der Waals surface area contributed by atoms with Gasteiger partial charge in [-0.3, -0.25) is 14.9 Å². The summed E-state index contributed by atoms with van der Waals surface area (Å²) in [5.74, 6) is -1.21. The third-order valence-corrected chi connectivity index (χ3v) is 5.42. The number of hydrogen-bond acceptors (Lipinski definition) is 6. The number of ether oxygens (including phenoxy) is 2. The number of fused-ring (bicyclic) bond motifs is 1. The lowest BCUT2D eigenvalue weighted by Gasteiger charge is -2.42. The summed E-state index contributed by atoms with van der Waals surface area (Å²) in [6, 6.07) is 3.70. The van der Waals surface area contributed by atoms with Gasteiger partial charge in [-0.2, -0.15) is 0 Å². The molecular weight excluding hydrogens is 444 g/mol. The molecule has 1 unspecified atom stereocenters. The van der Waals surface area contributed by atoms with E-state index in [4.69, 9.17) is 21.1 Å². The van der Waals surface area contributed by atoms with Crippen molar-refractivity contribution in [3.05, 3.63) is 34.3 Å². The van der Waals surface area contributed by atoms with E-state index in [0.717, 1.165) is 5.56 Å². The van der Waals surface area contributed by atoms with Crippen molar-refractivity contribution in [3.63, 3.8) is 0 Å². The van der Waals surface area contributed by atoms with Crippen LogP contribution in [-0.2, 0) is 25.5 Å². The summed E-state index contributed by atoms with van der Waals surface area (Å²) < 4.78 is 11.2. The van der Waals surface area contributed by atoms with E-state index >= 15 is 0 Å². The molecule has 1 heterocycles. The molecule has 1 aromatic rings. The fourth-order valence-electron chi connectivity index (χ4n) is 3.82. The maximum atomic E-state index is 13.6. The molecule has 1 aliphatic rings. The number of esters is 2. The van der Waals surface area contributed by atoms with Crippen LogP contribution < -0.4 is 5.32 Å². The van der Waals surface area contributed by atoms with Crippen LogP contribution in [0.1, 0.15) is 84.2 Å². The second-order valence-electron chi connectivity index (χ2n) is 10.4. The SMILES string of the molecule is CC[C@H](NC1Cc2ccc(Cl)cc2C(=O)N1[C@@H](CC)C(=O)OC(C)(C)C)C(=O)OC(C)(C)C. The number of rotatable bonds is 7. The maximum absolute atomic E-state index is 13.6. The fourth-order valence-corrected chi connectivity index (χ4v) is 3.99. The van der Waals surface area contributed by atoms with Gasteiger partial charge in [0, 0.05) is 17.0 Å². The molecule has 0 fully saturated rings. The summed E-state index contributed by atoms with van der Waals surface area (Å²) in [7, 11) is 0. The van der Waals surface area contributed by atoms with Crippen LogP contribution in [-0.4, -0.2) is 52.2 Å². The molecule has 1 aromatic carbocycles. The Hall–Kier alpha value is -2.12. The first-order valence-electron chi connectivity index (χ1n) is 11.5. The zero-order valence-electron chi connectivity index (χ0n) is 21.0. The van der Waals surface area contributed by atoms with E-state index in [-0.39, 0.29) is 5.91 Å². The van der Waals surface area contributed by atoms with Crippen molar-refractivity contribution in [3.8, 4) is 0 Å². The van der Waals surface area contributed by atoms with Crippen LogP contribution in [0.25, 0.3) is 0 Å². The Morgan fingerprint density at radius 3 is 2.15 bits per heavy atom. The summed E-state index contributed by atoms with van der Waals surface area (Å²) in [6.07, 6.45) is 0.639. The van der Waals surface area contributed by atoms with E-state index in [0.29, 0.717) is 29.8 Å². The predicted molar refractivity (Wildman–Crippen MR) is 128 cm³/mol. The van der Waals surface area contributed by atoms with Crippen molar-refractivity contribution >= 4 is 29.4 Å². The van der Waals surface area contributed by atoms with E-state index in [1.165, 1.54) is 4.90 Å². The van der Waals surface area contributed by atoms with Crippen molar-refractivity contribution in [1.82, 2.24) is 10.2 Å². The molecule has 184 valence electrons. The summed E-state index contributed by atoms with van der Waals surface area (Å²) in [6.45, 7) is 14.5. The molecule has 0 saturated heterocycles. The minimum atomic E-state index is -0.822. The van der Waals surface area contributed by atoms with Crippen LogP contribution in [0.3, 0.4) is 0 Å². The van der Waals surface area contributed by atoms with Gasteiger partial charge in [0.15, 0.2) is 0 Å². The maximum Gasteiger partial charge on any atom is 0.329 e. The van der Waals surface area contributed by atoms with Gasteiger partial charge < -0.3 is 14.4 Å². The lowest BCUT2D eigenvalue weighted by atomic mass is 9.94. The van der Waals surface area contributed by atoms with Crippen molar-refractivity contribution in [2.45, 2.75) is 104 Å². The van der Waals surface area contributed by atoms with Gasteiger partial charge in [0.2, 0.25) is 0 Å². The molecule has 0 radical (unpaired) electrons. The van der Waals surface area contributed by atoms with Gasteiger partial charge in [-0.05, 0) is 72.1 Å². The van der Waals surface area contributed by atoms with Crippen molar-refractivity contribution < 1.29 is 23.9 Å². The standard InChI is InChI=1S/C25H37ClN2O5/c1-9-18(22(30)32-24(3,4)5)27-20-13-15-11-12-16(26)14-17(15)21(29)28(20)19(10-2)23(31)33-25(6,7)8/h11-12,14,18-20,27H,9-10,13H2,1-8H3/t18-,19-,20?/m0/s1. The third kappa shape index (κ3) is 7.18. The molecule has 2 rings (SSSR count). The first kappa shape index (κ1) is 27.1. The highest BCUT2D eigenvalue weighted by Crippen LogP contribution is 2.29. The zero-order chi connectivity index (χ0) is 25.1. The lowest BCUT2D eigenvalue weighted by molar-refractivity contribution is -0.162. The van der Waals surface area contributed by atoms with Crippen LogP contribution in [0.2, 0.25) is 5.02 Å². The number of carbonyl (C=O) groups is 3. The first-order chi connectivity index (χ1) is 15.2. The first-order valence-corrected chi connectivity index (χ1v) is 11.9. The molecular formula is C25H37ClN2O5. The highest BCUT2D eigenvalue weighted by atomic mass is 35.5. The lowest BCUT2D eigenvalue weighted by Crippen LogP contribution is -2.62. The van der Waals surface area contributed by atoms with Crippen molar-refractivity contribution in [1.29, 1.82) is 0 Å². The summed E-state index contributed by atoms with van der Waals surface area (Å²) >= 11 is 6.16. The molecule has 0 aromatic heterocycles. The van der Waals surface area contributed by atoms with Crippen LogP contribution in [0.5, 0.6) is 0 Å². The molecule has 0 spiro atoms. The number of amides is 1. The monoisotopic (exact) mass is 480 g/mol. The minimum Gasteiger partial charge on any atom is -0.459 e. The zero-order valence-corrected chi connectivity index (χ0v) is 21.7. The van der Waals surface area contributed by atoms with Gasteiger partial charge in [0.05, 0.1) is 6.17 Å². The Balaban J connectivity index is 2.45. The number of halogens is 1. The number of hydrogen-bond donors (Lipinski definition) is 1. The van der Waals surface area contributed by atoms with E-state index < -0.39 is 41.4 Å². The Labute approximate surface area is 202 Å². The fraction of sp³-hybridized carbons (Fsp3) is 0.640. The largest absolute Gasteiger partial charge is 0.459 e. The summed E-state index contributed by atoms with van der Waals surface area (Å²) in [5, 5.41) is 3.73. The molecule has 3 atom stereocenters. The number of carbonyl (C=O) groups excluding carboxylic acids is 3. The molecule has 8 heteroatoms. The average molecular weight is 481 g/mol. The Morgan fingerprint density at radius 2 is 1.64 bits per heavy atom. The van der Waals surface area contributed by atoms with Gasteiger partial charge in [-0.15, -0.1) is 0 Å². The molecule has 1 amide bonds. The third-order valence-electron chi connectivity index (χ3n) is 5.18. The minimum absolute atomic E-state index is 0.326. The molecule has 33 heavy (non-hydrogen) atoms. The van der Waals surface area contributed by atoms with E-state index in [1.54, 1.807) is 32.9 Å². The highest BCUT2D eigenvalue weighted by Gasteiger charge is 2.42. The molecule has 0 saturated carbocycles. The highest BCUT2D eigenvalue weighted by molar-refractivity contribution is 6.31. The van der Waals surface area contributed by atoms with E-state index in [2.05, 4.69) is 5.32 Å². The van der Waals surface area contributed by atoms with Crippen LogP contribution in [0, 0.1) is 0 Å². The molecule has 1 N–H and O–H groups in total. The van der Waals surface area contributed by atoms with Gasteiger partial charge in [0.25, 0.3) is 5.91 Å². The van der Waals surface area contributed by atoms with E-state index in [1.807, 2.05) is 40.7 Å². The Morgan fingerprint density at radius 1 is 1.06 bits per heavy atom. The Kier molecular flexibility index (Phi) is 8.57. The van der Waals surface area contributed by atoms with E-state index in [9.17, 15) is 14.4 Å². The second kappa shape index (κ2) is 10.4. The van der Waals surface area contributed by atoms with Gasteiger partial charge in [0.1, 0.15) is 23.3 Å². The Bertz CT molecular complexity index is 888. The predicted octanol–water partition coefficient (Wildman–Crippen LogP) is 4.49. The normalized spacial score (nSPS) is 18.4. The van der Waals surface area contributed by atoms with Gasteiger partial charge >= 0.3 is 11.9 Å². The van der Waals surface area contributed by atoms with Crippen molar-refractivity contribution in [2.75, 3.05) is 0 Å². The van der Waals surface area contributed by atoms with Gasteiger partial charge in [-0.25, -0.2) is 4.79 Å². The number of benzene rings is 1.